The molecule has 0 unspecified atom stereocenters. The third-order valence-electron chi connectivity index (χ3n) is 3.20. The Labute approximate surface area is 139 Å². The quantitative estimate of drug-likeness (QED) is 0.665. The van der Waals surface area contributed by atoms with E-state index in [0.717, 1.165) is 21.6 Å². The first-order chi connectivity index (χ1) is 10.5. The summed E-state index contributed by atoms with van der Waals surface area (Å²) in [5.41, 5.74) is 2.93. The van der Waals surface area contributed by atoms with Crippen LogP contribution in [0.15, 0.2) is 53.4 Å². The molecule has 0 bridgehead atoms. The van der Waals surface area contributed by atoms with Crippen LogP contribution < -0.4 is 0 Å². The molecule has 3 nitrogen and oxygen atoms in total. The maximum absolute atomic E-state index is 11.7. The molecule has 5 heteroatoms. The van der Waals surface area contributed by atoms with Gasteiger partial charge in [-0.2, -0.15) is 0 Å². The van der Waals surface area contributed by atoms with E-state index in [9.17, 15) is 9.90 Å². The van der Waals surface area contributed by atoms with E-state index in [0.29, 0.717) is 0 Å². The Hall–Kier alpha value is -1.49. The fourth-order valence-corrected chi connectivity index (χ4v) is 2.73. The van der Waals surface area contributed by atoms with Crippen molar-refractivity contribution >= 4 is 28.6 Å². The second kappa shape index (κ2) is 7.68. The number of hydrogen-bond donors (Lipinski definition) is 1. The molecule has 0 aromatic heterocycles. The first kappa shape index (κ1) is 16.9. The normalized spacial score (nSPS) is 12.0. The highest BCUT2D eigenvalue weighted by Crippen LogP contribution is 2.26. The van der Waals surface area contributed by atoms with E-state index < -0.39 is 6.10 Å². The van der Waals surface area contributed by atoms with Gasteiger partial charge < -0.3 is 10.0 Å². The van der Waals surface area contributed by atoms with Gasteiger partial charge in [-0.3, -0.25) is 4.79 Å². The largest absolute Gasteiger partial charge is 0.387 e. The number of hydrogen-bond acceptors (Lipinski definition) is 3. The zero-order valence-electron chi connectivity index (χ0n) is 12.5. The van der Waals surface area contributed by atoms with Crippen LogP contribution in [0.4, 0.5) is 4.79 Å². The molecule has 0 radical (unpaired) electrons. The van der Waals surface area contributed by atoms with Gasteiger partial charge in [0.25, 0.3) is 5.24 Å². The maximum atomic E-state index is 11.7. The second-order valence-electron chi connectivity index (χ2n) is 5.08. The molecule has 2 aromatic rings. The van der Waals surface area contributed by atoms with Gasteiger partial charge in [0, 0.05) is 19.0 Å². The predicted octanol–water partition coefficient (Wildman–Crippen LogP) is 4.40. The molecular weight excluding hydrogens is 318 g/mol. The predicted molar refractivity (Wildman–Crippen MR) is 92.5 cm³/mol. The number of rotatable bonds is 4. The Morgan fingerprint density at radius 1 is 1.09 bits per heavy atom. The molecule has 0 spiro atoms. The van der Waals surface area contributed by atoms with Crippen LogP contribution in [-0.4, -0.2) is 35.2 Å². The van der Waals surface area contributed by atoms with Crippen molar-refractivity contribution in [1.82, 2.24) is 4.90 Å². The van der Waals surface area contributed by atoms with Gasteiger partial charge in [-0.05, 0) is 40.6 Å². The zero-order valence-corrected chi connectivity index (χ0v) is 14.1. The topological polar surface area (TPSA) is 40.5 Å². The van der Waals surface area contributed by atoms with Gasteiger partial charge >= 0.3 is 0 Å². The molecular formula is C17H18ClNO2S. The number of aliphatic hydroxyl groups is 1. The molecule has 0 fully saturated rings. The van der Waals surface area contributed by atoms with Gasteiger partial charge in [0.05, 0.1) is 12.0 Å². The third-order valence-corrected chi connectivity index (χ3v) is 4.54. The van der Waals surface area contributed by atoms with Crippen molar-refractivity contribution in [2.45, 2.75) is 11.0 Å². The zero-order chi connectivity index (χ0) is 16.1. The first-order valence-electron chi connectivity index (χ1n) is 6.85. The van der Waals surface area contributed by atoms with Gasteiger partial charge in [0.2, 0.25) is 0 Å². The summed E-state index contributed by atoms with van der Waals surface area (Å²) >= 11 is 6.85. The Morgan fingerprint density at radius 3 is 2.05 bits per heavy atom. The summed E-state index contributed by atoms with van der Waals surface area (Å²) in [5.74, 6) is 0.186. The molecule has 0 aliphatic heterocycles. The van der Waals surface area contributed by atoms with Crippen LogP contribution in [0.1, 0.15) is 11.7 Å². The number of carbonyl (C=O) groups excluding carboxylic acids is 1. The summed E-state index contributed by atoms with van der Waals surface area (Å²) in [5, 5.41) is 9.69. The first-order valence-corrected chi connectivity index (χ1v) is 8.20. The van der Waals surface area contributed by atoms with Crippen LogP contribution in [0.5, 0.6) is 0 Å². The summed E-state index contributed by atoms with van der Waals surface area (Å²) in [4.78, 5) is 14.1. The second-order valence-corrected chi connectivity index (χ2v) is 6.41. The SMILES string of the molecule is CN(C)C(=O)Sc1ccc(-c2ccc([C@@H](O)CCl)cc2)cc1. The number of benzene rings is 2. The Bertz CT molecular complexity index is 626. The highest BCUT2D eigenvalue weighted by Gasteiger charge is 2.08. The summed E-state index contributed by atoms with van der Waals surface area (Å²) in [6.45, 7) is 0. The number of nitrogens with zero attached hydrogens (tertiary/aromatic N) is 1. The van der Waals surface area contributed by atoms with Gasteiger partial charge in [0.1, 0.15) is 0 Å². The molecule has 0 saturated heterocycles. The fraction of sp³-hybridized carbons (Fsp3) is 0.235. The van der Waals surface area contributed by atoms with Crippen LogP contribution in [0.25, 0.3) is 11.1 Å². The van der Waals surface area contributed by atoms with E-state index in [-0.39, 0.29) is 11.1 Å². The lowest BCUT2D eigenvalue weighted by Crippen LogP contribution is -2.15. The molecule has 116 valence electrons. The highest BCUT2D eigenvalue weighted by atomic mass is 35.5. The number of amides is 1. The van der Waals surface area contributed by atoms with Crippen LogP contribution in [0, 0.1) is 0 Å². The highest BCUT2D eigenvalue weighted by molar-refractivity contribution is 8.13. The number of halogens is 1. The molecule has 0 aliphatic rings. The third kappa shape index (κ3) is 4.26. The minimum absolute atomic E-state index is 0.00663. The monoisotopic (exact) mass is 335 g/mol. The molecule has 2 rings (SSSR count). The molecule has 1 amide bonds. The van der Waals surface area contributed by atoms with Crippen molar-refractivity contribution in [3.8, 4) is 11.1 Å². The summed E-state index contributed by atoms with van der Waals surface area (Å²) in [7, 11) is 3.47. The van der Waals surface area contributed by atoms with Gasteiger partial charge in [0.15, 0.2) is 0 Å². The maximum Gasteiger partial charge on any atom is 0.285 e. The van der Waals surface area contributed by atoms with Gasteiger partial charge in [-0.25, -0.2) is 0 Å². The average molecular weight is 336 g/mol. The Balaban J connectivity index is 2.11. The summed E-state index contributed by atoms with van der Waals surface area (Å²) in [6, 6.07) is 15.5. The Kier molecular flexibility index (Phi) is 5.89. The van der Waals surface area contributed by atoms with E-state index in [1.807, 2.05) is 48.5 Å². The van der Waals surface area contributed by atoms with Crippen LogP contribution in [0.3, 0.4) is 0 Å². The van der Waals surface area contributed by atoms with Crippen molar-refractivity contribution in [3.05, 3.63) is 54.1 Å². The standard InChI is InChI=1S/C17H18ClNO2S/c1-19(2)17(21)22-15-9-7-13(8-10-15)12-3-5-14(6-4-12)16(20)11-18/h3-10,16,20H,11H2,1-2H3/t16-/m0/s1. The lowest BCUT2D eigenvalue weighted by molar-refractivity contribution is 0.202. The minimum Gasteiger partial charge on any atom is -0.387 e. The van der Waals surface area contributed by atoms with Gasteiger partial charge in [-0.1, -0.05) is 36.4 Å². The van der Waals surface area contributed by atoms with E-state index in [4.69, 9.17) is 11.6 Å². The van der Waals surface area contributed by atoms with Crippen molar-refractivity contribution in [2.24, 2.45) is 0 Å². The fourth-order valence-electron chi connectivity index (χ4n) is 1.89. The van der Waals surface area contributed by atoms with Crippen molar-refractivity contribution < 1.29 is 9.90 Å². The summed E-state index contributed by atoms with van der Waals surface area (Å²) < 4.78 is 0. The summed E-state index contributed by atoms with van der Waals surface area (Å²) in [6.07, 6.45) is -0.633. The van der Waals surface area contributed by atoms with Crippen LogP contribution >= 0.6 is 23.4 Å². The van der Waals surface area contributed by atoms with E-state index in [2.05, 4.69) is 0 Å². The lowest BCUT2D eigenvalue weighted by atomic mass is 10.0. The molecule has 0 saturated carbocycles. The van der Waals surface area contributed by atoms with E-state index >= 15 is 0 Å². The van der Waals surface area contributed by atoms with Crippen molar-refractivity contribution in [1.29, 1.82) is 0 Å². The molecule has 22 heavy (non-hydrogen) atoms. The Morgan fingerprint density at radius 2 is 1.59 bits per heavy atom. The lowest BCUT2D eigenvalue weighted by Gasteiger charge is -2.10. The van der Waals surface area contributed by atoms with Crippen LogP contribution in [0.2, 0.25) is 0 Å². The van der Waals surface area contributed by atoms with Crippen molar-refractivity contribution in [3.63, 3.8) is 0 Å². The number of thioether (sulfide) groups is 1. The number of aliphatic hydroxyl groups excluding tert-OH is 1. The molecule has 0 heterocycles. The molecule has 1 atom stereocenters. The van der Waals surface area contributed by atoms with E-state index in [1.165, 1.54) is 11.8 Å². The van der Waals surface area contributed by atoms with E-state index in [1.54, 1.807) is 19.0 Å². The van der Waals surface area contributed by atoms with Crippen LogP contribution in [-0.2, 0) is 0 Å². The van der Waals surface area contributed by atoms with Gasteiger partial charge in [-0.15, -0.1) is 11.6 Å². The number of alkyl halides is 1. The average Bonchev–Trinajstić information content (AvgIpc) is 2.55. The molecule has 0 aliphatic carbocycles. The van der Waals surface area contributed by atoms with Crippen molar-refractivity contribution in [2.75, 3.05) is 20.0 Å². The smallest absolute Gasteiger partial charge is 0.285 e. The molecule has 2 aromatic carbocycles. The minimum atomic E-state index is -0.633. The molecule has 1 N–H and O–H groups in total. The number of carbonyl (C=O) groups is 1.